The number of hydrogen-bond donors (Lipinski definition) is 0. The first-order valence-electron chi connectivity index (χ1n) is 9.41. The highest BCUT2D eigenvalue weighted by atomic mass is 35.5. The van der Waals surface area contributed by atoms with Crippen molar-refractivity contribution in [2.75, 3.05) is 6.61 Å². The van der Waals surface area contributed by atoms with E-state index in [1.165, 1.54) is 5.56 Å². The highest BCUT2D eigenvalue weighted by molar-refractivity contribution is 6.32. The van der Waals surface area contributed by atoms with Gasteiger partial charge in [0.1, 0.15) is 6.61 Å². The van der Waals surface area contributed by atoms with Crippen LogP contribution in [0, 0.1) is 13.8 Å². The zero-order chi connectivity index (χ0) is 20.8. The summed E-state index contributed by atoms with van der Waals surface area (Å²) in [5.74, 6) is 1.11. The van der Waals surface area contributed by atoms with Crippen molar-refractivity contribution < 1.29 is 9.47 Å². The number of halogens is 2. The first-order chi connectivity index (χ1) is 14.0. The summed E-state index contributed by atoms with van der Waals surface area (Å²) in [6, 6.07) is 17.3. The van der Waals surface area contributed by atoms with E-state index in [-0.39, 0.29) is 0 Å². The summed E-state index contributed by atoms with van der Waals surface area (Å²) >= 11 is 12.4. The van der Waals surface area contributed by atoms with Gasteiger partial charge in [0, 0.05) is 11.2 Å². The Kier molecular flexibility index (Phi) is 7.18. The Labute approximate surface area is 181 Å². The van der Waals surface area contributed by atoms with E-state index in [0.29, 0.717) is 34.8 Å². The Hall–Kier alpha value is -2.49. The van der Waals surface area contributed by atoms with Gasteiger partial charge in [-0.2, -0.15) is 0 Å². The second kappa shape index (κ2) is 9.82. The number of aliphatic imine (C=N–C) groups is 1. The van der Waals surface area contributed by atoms with Crippen LogP contribution >= 0.6 is 23.2 Å². The van der Waals surface area contributed by atoms with E-state index in [9.17, 15) is 0 Å². The largest absolute Gasteiger partial charge is 0.490 e. The quantitative estimate of drug-likeness (QED) is 0.369. The molecule has 0 heterocycles. The lowest BCUT2D eigenvalue weighted by Gasteiger charge is -2.14. The molecule has 0 aliphatic carbocycles. The van der Waals surface area contributed by atoms with Crippen molar-refractivity contribution in [2.24, 2.45) is 4.99 Å². The van der Waals surface area contributed by atoms with Crippen molar-refractivity contribution >= 4 is 35.1 Å². The van der Waals surface area contributed by atoms with E-state index in [0.717, 1.165) is 22.4 Å². The average Bonchev–Trinajstić information content (AvgIpc) is 2.70. The minimum Gasteiger partial charge on any atom is -0.490 e. The second-order valence-corrected chi connectivity index (χ2v) is 7.50. The third-order valence-electron chi connectivity index (χ3n) is 4.56. The van der Waals surface area contributed by atoms with Crippen LogP contribution in [0.3, 0.4) is 0 Å². The molecule has 0 atom stereocenters. The summed E-state index contributed by atoms with van der Waals surface area (Å²) in [5, 5.41) is 1.17. The molecule has 0 aliphatic heterocycles. The van der Waals surface area contributed by atoms with Crippen LogP contribution in [0.4, 0.5) is 5.69 Å². The summed E-state index contributed by atoms with van der Waals surface area (Å²) in [7, 11) is 0. The Morgan fingerprint density at radius 3 is 2.45 bits per heavy atom. The molecule has 3 aromatic rings. The molecule has 0 spiro atoms. The van der Waals surface area contributed by atoms with Gasteiger partial charge >= 0.3 is 0 Å². The van der Waals surface area contributed by atoms with Gasteiger partial charge in [0.2, 0.25) is 0 Å². The van der Waals surface area contributed by atoms with Crippen LogP contribution in [0.5, 0.6) is 11.5 Å². The zero-order valence-electron chi connectivity index (χ0n) is 16.7. The number of ether oxygens (including phenoxy) is 2. The van der Waals surface area contributed by atoms with Gasteiger partial charge in [-0.05, 0) is 73.4 Å². The third-order valence-corrected chi connectivity index (χ3v) is 5.09. The van der Waals surface area contributed by atoms with Gasteiger partial charge in [-0.25, -0.2) is 0 Å². The van der Waals surface area contributed by atoms with Gasteiger partial charge in [-0.3, -0.25) is 4.99 Å². The Bertz CT molecular complexity index is 1010. The normalized spacial score (nSPS) is 11.1. The van der Waals surface area contributed by atoms with Gasteiger partial charge in [-0.15, -0.1) is 0 Å². The molecule has 3 rings (SSSR count). The molecule has 0 radical (unpaired) electrons. The van der Waals surface area contributed by atoms with E-state index in [2.05, 4.69) is 24.9 Å². The number of nitrogens with zero attached hydrogens (tertiary/aromatic N) is 1. The molecule has 0 amide bonds. The maximum absolute atomic E-state index is 6.51. The van der Waals surface area contributed by atoms with E-state index in [4.69, 9.17) is 32.7 Å². The lowest BCUT2D eigenvalue weighted by molar-refractivity contribution is 0.269. The number of rotatable bonds is 7. The molecular weight excluding hydrogens is 405 g/mol. The molecule has 29 heavy (non-hydrogen) atoms. The fourth-order valence-electron chi connectivity index (χ4n) is 2.82. The Morgan fingerprint density at radius 2 is 1.72 bits per heavy atom. The van der Waals surface area contributed by atoms with Crippen molar-refractivity contribution in [3.8, 4) is 11.5 Å². The smallest absolute Gasteiger partial charge is 0.180 e. The molecule has 0 bridgehead atoms. The topological polar surface area (TPSA) is 30.8 Å². The molecule has 0 saturated carbocycles. The fraction of sp³-hybridized carbons (Fsp3) is 0.208. The summed E-state index contributed by atoms with van der Waals surface area (Å²) in [4.78, 5) is 4.62. The van der Waals surface area contributed by atoms with Crippen LogP contribution in [-0.2, 0) is 6.61 Å². The number of aryl methyl sites for hydroxylation is 1. The SMILES string of the molecule is CCOc1cc(C=Nc2cccc(C)c2C)cc(Cl)c1OCc1ccc(Cl)cc1. The highest BCUT2D eigenvalue weighted by Crippen LogP contribution is 2.37. The predicted octanol–water partition coefficient (Wildman–Crippen LogP) is 7.34. The molecule has 150 valence electrons. The van der Waals surface area contributed by atoms with Crippen LogP contribution in [-0.4, -0.2) is 12.8 Å². The maximum atomic E-state index is 6.51. The van der Waals surface area contributed by atoms with E-state index in [1.54, 1.807) is 6.21 Å². The zero-order valence-corrected chi connectivity index (χ0v) is 18.2. The molecule has 3 aromatic carbocycles. The van der Waals surface area contributed by atoms with E-state index < -0.39 is 0 Å². The van der Waals surface area contributed by atoms with Crippen LogP contribution in [0.15, 0.2) is 59.6 Å². The fourth-order valence-corrected chi connectivity index (χ4v) is 3.22. The van der Waals surface area contributed by atoms with Gasteiger partial charge in [0.25, 0.3) is 0 Å². The maximum Gasteiger partial charge on any atom is 0.180 e. The lowest BCUT2D eigenvalue weighted by Crippen LogP contribution is -2.01. The lowest BCUT2D eigenvalue weighted by atomic mass is 10.1. The standard InChI is InChI=1S/C24H23Cl2NO2/c1-4-28-23-13-19(14-27-22-7-5-6-16(2)17(22)3)12-21(26)24(23)29-15-18-8-10-20(25)11-9-18/h5-14H,4,15H2,1-3H3. The molecule has 0 aromatic heterocycles. The van der Waals surface area contributed by atoms with E-state index in [1.807, 2.05) is 55.5 Å². The summed E-state index contributed by atoms with van der Waals surface area (Å²) in [6.45, 7) is 6.94. The van der Waals surface area contributed by atoms with Crippen molar-refractivity contribution in [3.05, 3.63) is 86.9 Å². The minimum atomic E-state index is 0.368. The van der Waals surface area contributed by atoms with Crippen LogP contribution < -0.4 is 9.47 Å². The third kappa shape index (κ3) is 5.53. The average molecular weight is 428 g/mol. The highest BCUT2D eigenvalue weighted by Gasteiger charge is 2.13. The van der Waals surface area contributed by atoms with Gasteiger partial charge < -0.3 is 9.47 Å². The molecule has 0 N–H and O–H groups in total. The molecule has 3 nitrogen and oxygen atoms in total. The molecular formula is C24H23Cl2NO2. The summed E-state index contributed by atoms with van der Waals surface area (Å²) in [5.41, 5.74) is 5.13. The molecule has 0 saturated heterocycles. The van der Waals surface area contributed by atoms with Crippen LogP contribution in [0.25, 0.3) is 0 Å². The van der Waals surface area contributed by atoms with Crippen LogP contribution in [0.1, 0.15) is 29.2 Å². The molecule has 0 aliphatic rings. The van der Waals surface area contributed by atoms with Crippen LogP contribution in [0.2, 0.25) is 10.0 Å². The van der Waals surface area contributed by atoms with Gasteiger partial charge in [0.15, 0.2) is 11.5 Å². The summed E-state index contributed by atoms with van der Waals surface area (Å²) < 4.78 is 11.7. The second-order valence-electron chi connectivity index (χ2n) is 6.66. The monoisotopic (exact) mass is 427 g/mol. The van der Waals surface area contributed by atoms with Crippen molar-refractivity contribution in [3.63, 3.8) is 0 Å². The molecule has 5 heteroatoms. The Balaban J connectivity index is 1.84. The van der Waals surface area contributed by atoms with E-state index >= 15 is 0 Å². The number of hydrogen-bond acceptors (Lipinski definition) is 3. The molecule has 0 unspecified atom stereocenters. The first kappa shape index (κ1) is 21.2. The van der Waals surface area contributed by atoms with Crippen molar-refractivity contribution in [1.82, 2.24) is 0 Å². The summed E-state index contributed by atoms with van der Waals surface area (Å²) in [6.07, 6.45) is 1.79. The van der Waals surface area contributed by atoms with Gasteiger partial charge in [-0.1, -0.05) is 47.5 Å². The Morgan fingerprint density at radius 1 is 0.966 bits per heavy atom. The first-order valence-corrected chi connectivity index (χ1v) is 10.2. The number of benzene rings is 3. The van der Waals surface area contributed by atoms with Crippen molar-refractivity contribution in [1.29, 1.82) is 0 Å². The van der Waals surface area contributed by atoms with Crippen molar-refractivity contribution in [2.45, 2.75) is 27.4 Å². The predicted molar refractivity (Wildman–Crippen MR) is 122 cm³/mol. The molecule has 0 fully saturated rings. The minimum absolute atomic E-state index is 0.368. The van der Waals surface area contributed by atoms with Gasteiger partial charge in [0.05, 0.1) is 17.3 Å².